The lowest BCUT2D eigenvalue weighted by molar-refractivity contribution is -0.131. The number of rotatable bonds is 2. The first-order valence-corrected chi connectivity index (χ1v) is 2.50. The lowest BCUT2D eigenvalue weighted by Crippen LogP contribution is -2.43. The third kappa shape index (κ3) is 2.54. The Morgan fingerprint density at radius 1 is 1.62 bits per heavy atom. The zero-order chi connectivity index (χ0) is 6.57. The summed E-state index contributed by atoms with van der Waals surface area (Å²) in [5.41, 5.74) is 0. The molecule has 0 rings (SSSR count). The maximum absolute atomic E-state index is 10.4. The van der Waals surface area contributed by atoms with Gasteiger partial charge in [-0.2, -0.15) is 0 Å². The van der Waals surface area contributed by atoms with Gasteiger partial charge in [-0.15, -0.1) is 0 Å². The van der Waals surface area contributed by atoms with Crippen molar-refractivity contribution >= 4 is 5.91 Å². The fraction of sp³-hybridized carbons (Fsp3) is 0.750. The van der Waals surface area contributed by atoms with Crippen LogP contribution in [0, 0.1) is 0 Å². The van der Waals surface area contributed by atoms with Crippen molar-refractivity contribution in [1.29, 1.82) is 0 Å². The lowest BCUT2D eigenvalue weighted by atomic mass is 10.3. The van der Waals surface area contributed by atoms with Gasteiger partial charge in [0.25, 0.3) is 5.91 Å². The number of carbonyl (C=O) groups excluding carboxylic acids is 1. The number of hydrazine groups is 2. The minimum atomic E-state index is -0.229. The van der Waals surface area contributed by atoms with E-state index in [0.717, 1.165) is 6.42 Å². The van der Waals surface area contributed by atoms with Gasteiger partial charge < -0.3 is 0 Å². The Kier molecular flexibility index (Phi) is 3.14. The SMILES string of the molecule is CCCC(=O)N(N)N. The molecule has 0 aliphatic rings. The van der Waals surface area contributed by atoms with Crippen LogP contribution in [0.15, 0.2) is 0 Å². The van der Waals surface area contributed by atoms with E-state index in [1.807, 2.05) is 6.92 Å². The Morgan fingerprint density at radius 3 is 2.25 bits per heavy atom. The Bertz CT molecular complexity index is 81.4. The maximum Gasteiger partial charge on any atom is 0.251 e. The molecular weight excluding hydrogens is 106 g/mol. The van der Waals surface area contributed by atoms with Crippen molar-refractivity contribution in [2.75, 3.05) is 0 Å². The molecule has 0 aromatic heterocycles. The maximum atomic E-state index is 10.4. The van der Waals surface area contributed by atoms with Crippen LogP contribution in [0.25, 0.3) is 0 Å². The molecule has 0 saturated carbocycles. The van der Waals surface area contributed by atoms with E-state index >= 15 is 0 Å². The highest BCUT2D eigenvalue weighted by Gasteiger charge is 2.00. The van der Waals surface area contributed by atoms with Crippen LogP contribution >= 0.6 is 0 Å². The van der Waals surface area contributed by atoms with E-state index in [4.69, 9.17) is 11.7 Å². The van der Waals surface area contributed by atoms with Crippen LogP contribution in [0.5, 0.6) is 0 Å². The van der Waals surface area contributed by atoms with Gasteiger partial charge in [-0.3, -0.25) is 4.79 Å². The second kappa shape index (κ2) is 3.40. The van der Waals surface area contributed by atoms with Crippen molar-refractivity contribution in [1.82, 2.24) is 5.12 Å². The number of hydrogen-bond donors (Lipinski definition) is 2. The number of hydrogen-bond acceptors (Lipinski definition) is 3. The molecule has 1 amide bonds. The van der Waals surface area contributed by atoms with Crippen molar-refractivity contribution in [2.45, 2.75) is 19.8 Å². The zero-order valence-electron chi connectivity index (χ0n) is 4.92. The molecular formula is C4H11N3O. The first kappa shape index (κ1) is 7.39. The second-order valence-electron chi connectivity index (χ2n) is 1.55. The highest BCUT2D eigenvalue weighted by molar-refractivity contribution is 5.74. The van der Waals surface area contributed by atoms with Crippen molar-refractivity contribution < 1.29 is 4.79 Å². The summed E-state index contributed by atoms with van der Waals surface area (Å²) in [7, 11) is 0. The number of nitrogens with zero attached hydrogens (tertiary/aromatic N) is 1. The molecule has 4 N–H and O–H groups in total. The Balaban J connectivity index is 3.33. The van der Waals surface area contributed by atoms with Crippen LogP contribution in [-0.2, 0) is 4.79 Å². The molecule has 4 nitrogen and oxygen atoms in total. The van der Waals surface area contributed by atoms with Crippen LogP contribution in [0.2, 0.25) is 0 Å². The van der Waals surface area contributed by atoms with Crippen LogP contribution in [0.3, 0.4) is 0 Å². The minimum Gasteiger partial charge on any atom is -0.272 e. The summed E-state index contributed by atoms with van der Waals surface area (Å²) in [6.45, 7) is 1.89. The van der Waals surface area contributed by atoms with E-state index in [9.17, 15) is 4.79 Å². The molecule has 0 aliphatic carbocycles. The van der Waals surface area contributed by atoms with Gasteiger partial charge >= 0.3 is 0 Å². The third-order valence-corrected chi connectivity index (χ3v) is 0.752. The van der Waals surface area contributed by atoms with E-state index in [-0.39, 0.29) is 5.91 Å². The summed E-state index contributed by atoms with van der Waals surface area (Å²) in [6, 6.07) is 0. The van der Waals surface area contributed by atoms with Gasteiger partial charge in [0, 0.05) is 6.42 Å². The highest BCUT2D eigenvalue weighted by atomic mass is 16.2. The summed E-state index contributed by atoms with van der Waals surface area (Å²) < 4.78 is 0. The van der Waals surface area contributed by atoms with Gasteiger partial charge in [0.05, 0.1) is 0 Å². The number of amides is 1. The molecule has 0 radical (unpaired) electrons. The zero-order valence-corrected chi connectivity index (χ0v) is 4.92. The molecule has 0 aromatic carbocycles. The van der Waals surface area contributed by atoms with E-state index in [1.54, 1.807) is 0 Å². The Morgan fingerprint density at radius 2 is 2.12 bits per heavy atom. The molecule has 0 atom stereocenters. The van der Waals surface area contributed by atoms with Crippen molar-refractivity contribution in [2.24, 2.45) is 11.7 Å². The average molecular weight is 117 g/mol. The fourth-order valence-corrected chi connectivity index (χ4v) is 0.343. The van der Waals surface area contributed by atoms with Crippen LogP contribution < -0.4 is 11.7 Å². The average Bonchev–Trinajstić information content (AvgIpc) is 1.67. The monoisotopic (exact) mass is 117 g/mol. The molecule has 0 unspecified atom stereocenters. The van der Waals surface area contributed by atoms with Gasteiger partial charge in [-0.05, 0) is 6.42 Å². The molecule has 0 heterocycles. The van der Waals surface area contributed by atoms with Crippen LogP contribution in [-0.4, -0.2) is 11.0 Å². The highest BCUT2D eigenvalue weighted by Crippen LogP contribution is 1.86. The predicted octanol–water partition coefficient (Wildman–Crippen LogP) is -0.637. The van der Waals surface area contributed by atoms with Gasteiger partial charge in [0.2, 0.25) is 0 Å². The van der Waals surface area contributed by atoms with Gasteiger partial charge in [0.15, 0.2) is 0 Å². The standard InChI is InChI=1S/C4H11N3O/c1-2-3-4(8)7(5)6/h2-3,5-6H2,1H3. The molecule has 0 fully saturated rings. The first-order valence-electron chi connectivity index (χ1n) is 2.50. The summed E-state index contributed by atoms with van der Waals surface area (Å²) >= 11 is 0. The quantitative estimate of drug-likeness (QED) is 0.287. The van der Waals surface area contributed by atoms with Crippen LogP contribution in [0.4, 0.5) is 0 Å². The fourth-order valence-electron chi connectivity index (χ4n) is 0.343. The summed E-state index contributed by atoms with van der Waals surface area (Å²) in [6.07, 6.45) is 1.21. The summed E-state index contributed by atoms with van der Waals surface area (Å²) in [4.78, 5) is 10.4. The molecule has 8 heavy (non-hydrogen) atoms. The summed E-state index contributed by atoms with van der Waals surface area (Å²) in [5.74, 6) is 9.54. The topological polar surface area (TPSA) is 72.3 Å². The molecule has 0 spiro atoms. The molecule has 0 saturated heterocycles. The van der Waals surface area contributed by atoms with E-state index in [1.165, 1.54) is 0 Å². The van der Waals surface area contributed by atoms with Crippen molar-refractivity contribution in [3.63, 3.8) is 0 Å². The van der Waals surface area contributed by atoms with Gasteiger partial charge in [0.1, 0.15) is 0 Å². The summed E-state index contributed by atoms with van der Waals surface area (Å²) in [5, 5.41) is 0.615. The van der Waals surface area contributed by atoms with Gasteiger partial charge in [-0.25, -0.2) is 16.8 Å². The van der Waals surface area contributed by atoms with Gasteiger partial charge in [-0.1, -0.05) is 6.92 Å². The Labute approximate surface area is 48.4 Å². The molecule has 0 bridgehead atoms. The first-order chi connectivity index (χ1) is 3.68. The lowest BCUT2D eigenvalue weighted by Gasteiger charge is -2.06. The molecule has 0 aliphatic heterocycles. The van der Waals surface area contributed by atoms with E-state index in [0.29, 0.717) is 11.5 Å². The normalized spacial score (nSPS) is 8.88. The molecule has 48 valence electrons. The van der Waals surface area contributed by atoms with Crippen LogP contribution in [0.1, 0.15) is 19.8 Å². The predicted molar refractivity (Wildman–Crippen MR) is 30.1 cm³/mol. The third-order valence-electron chi connectivity index (χ3n) is 0.752. The number of nitrogens with two attached hydrogens (primary N) is 2. The number of carbonyl (C=O) groups is 1. The van der Waals surface area contributed by atoms with Crippen molar-refractivity contribution in [3.8, 4) is 0 Å². The van der Waals surface area contributed by atoms with E-state index < -0.39 is 0 Å². The minimum absolute atomic E-state index is 0.229. The Hall–Kier alpha value is -0.610. The second-order valence-corrected chi connectivity index (χ2v) is 1.55. The smallest absolute Gasteiger partial charge is 0.251 e. The largest absolute Gasteiger partial charge is 0.272 e. The van der Waals surface area contributed by atoms with E-state index in [2.05, 4.69) is 0 Å². The van der Waals surface area contributed by atoms with Crippen molar-refractivity contribution in [3.05, 3.63) is 0 Å². The molecule has 4 heteroatoms. The molecule has 0 aromatic rings.